The number of carbonyl (C=O) groups excluding carboxylic acids is 2. The first-order valence-electron chi connectivity index (χ1n) is 8.13. The standard InChI is InChI=1S/C20H19N3O2S/c1-12(2)21-16-7-4-14(5-8-16)10-19(25)23-20-22-17-9-6-15(13(3)24)11-18(17)26-20/h4-9,11,21H,1,10H2,2-3H3,(H,22,23,25). The fourth-order valence-corrected chi connectivity index (χ4v) is 3.42. The van der Waals surface area contributed by atoms with Gasteiger partial charge in [-0.15, -0.1) is 0 Å². The molecule has 132 valence electrons. The molecule has 3 aromatic rings. The Balaban J connectivity index is 1.66. The molecule has 3 rings (SSSR count). The number of allylic oxidation sites excluding steroid dienone is 1. The fraction of sp³-hybridized carbons (Fsp3) is 0.150. The monoisotopic (exact) mass is 365 g/mol. The first-order chi connectivity index (χ1) is 12.4. The smallest absolute Gasteiger partial charge is 0.230 e. The number of nitrogens with one attached hydrogen (secondary N) is 2. The Morgan fingerprint density at radius 1 is 1.08 bits per heavy atom. The Kier molecular flexibility index (Phi) is 5.14. The largest absolute Gasteiger partial charge is 0.360 e. The molecule has 0 saturated heterocycles. The van der Waals surface area contributed by atoms with Crippen molar-refractivity contribution in [1.82, 2.24) is 4.98 Å². The highest BCUT2D eigenvalue weighted by Crippen LogP contribution is 2.27. The van der Waals surface area contributed by atoms with Gasteiger partial charge in [0.05, 0.1) is 16.6 Å². The second-order valence-electron chi connectivity index (χ2n) is 6.08. The number of benzene rings is 2. The number of rotatable bonds is 6. The van der Waals surface area contributed by atoms with Gasteiger partial charge in [0.25, 0.3) is 0 Å². The van der Waals surface area contributed by atoms with Gasteiger partial charge in [0.1, 0.15) is 0 Å². The molecule has 0 fully saturated rings. The summed E-state index contributed by atoms with van der Waals surface area (Å²) in [6.45, 7) is 7.22. The first-order valence-corrected chi connectivity index (χ1v) is 8.95. The van der Waals surface area contributed by atoms with Crippen molar-refractivity contribution in [3.8, 4) is 0 Å². The van der Waals surface area contributed by atoms with E-state index in [1.807, 2.05) is 31.2 Å². The lowest BCUT2D eigenvalue weighted by molar-refractivity contribution is -0.115. The van der Waals surface area contributed by atoms with Crippen LogP contribution < -0.4 is 10.6 Å². The van der Waals surface area contributed by atoms with Crippen molar-refractivity contribution in [3.63, 3.8) is 0 Å². The number of hydrogen-bond acceptors (Lipinski definition) is 5. The molecule has 0 saturated carbocycles. The van der Waals surface area contributed by atoms with Crippen molar-refractivity contribution >= 4 is 44.1 Å². The van der Waals surface area contributed by atoms with Crippen molar-refractivity contribution in [2.24, 2.45) is 0 Å². The van der Waals surface area contributed by atoms with Gasteiger partial charge >= 0.3 is 0 Å². The number of carbonyl (C=O) groups is 2. The minimum absolute atomic E-state index is 0.00969. The minimum atomic E-state index is -0.128. The van der Waals surface area contributed by atoms with Crippen LogP contribution in [-0.4, -0.2) is 16.7 Å². The number of amides is 1. The van der Waals surface area contributed by atoms with Crippen LogP contribution in [0.4, 0.5) is 10.8 Å². The number of aromatic nitrogens is 1. The fourth-order valence-electron chi connectivity index (χ4n) is 2.50. The van der Waals surface area contributed by atoms with E-state index in [0.717, 1.165) is 27.2 Å². The van der Waals surface area contributed by atoms with Gasteiger partial charge in [-0.3, -0.25) is 9.59 Å². The summed E-state index contributed by atoms with van der Waals surface area (Å²) < 4.78 is 0.878. The van der Waals surface area contributed by atoms with E-state index in [0.29, 0.717) is 10.7 Å². The Morgan fingerprint density at radius 3 is 2.46 bits per heavy atom. The molecule has 1 aromatic heterocycles. The van der Waals surface area contributed by atoms with Crippen LogP contribution in [0.3, 0.4) is 0 Å². The number of fused-ring (bicyclic) bond motifs is 1. The van der Waals surface area contributed by atoms with Crippen molar-refractivity contribution in [3.05, 3.63) is 65.9 Å². The summed E-state index contributed by atoms with van der Waals surface area (Å²) in [5.74, 6) is -0.119. The molecule has 1 amide bonds. The van der Waals surface area contributed by atoms with E-state index in [9.17, 15) is 9.59 Å². The van der Waals surface area contributed by atoms with Gasteiger partial charge in [0.2, 0.25) is 5.91 Å². The van der Waals surface area contributed by atoms with Gasteiger partial charge in [-0.2, -0.15) is 0 Å². The van der Waals surface area contributed by atoms with E-state index in [2.05, 4.69) is 22.2 Å². The summed E-state index contributed by atoms with van der Waals surface area (Å²) in [6, 6.07) is 13.0. The molecule has 1 heterocycles. The Bertz CT molecular complexity index is 990. The van der Waals surface area contributed by atoms with Crippen LogP contribution in [0.25, 0.3) is 10.2 Å². The Hall–Kier alpha value is -2.99. The second-order valence-corrected chi connectivity index (χ2v) is 7.12. The van der Waals surface area contributed by atoms with Crippen LogP contribution in [0.15, 0.2) is 54.7 Å². The third kappa shape index (κ3) is 4.34. The molecule has 0 aliphatic carbocycles. The Labute approximate surface area is 155 Å². The van der Waals surface area contributed by atoms with Crippen LogP contribution in [0.1, 0.15) is 29.8 Å². The lowest BCUT2D eigenvalue weighted by atomic mass is 10.1. The SMILES string of the molecule is C=C(C)Nc1ccc(CC(=O)Nc2nc3ccc(C(C)=O)cc3s2)cc1. The van der Waals surface area contributed by atoms with E-state index in [1.165, 1.54) is 18.3 Å². The average molecular weight is 365 g/mol. The quantitative estimate of drug-likeness (QED) is 0.625. The summed E-state index contributed by atoms with van der Waals surface area (Å²) in [6.07, 6.45) is 0.266. The van der Waals surface area contributed by atoms with Gasteiger partial charge in [-0.1, -0.05) is 30.0 Å². The van der Waals surface area contributed by atoms with Gasteiger partial charge in [0, 0.05) is 16.9 Å². The van der Waals surface area contributed by atoms with Crippen LogP contribution in [0, 0.1) is 0 Å². The van der Waals surface area contributed by atoms with E-state index >= 15 is 0 Å². The molecule has 5 nitrogen and oxygen atoms in total. The first kappa shape index (κ1) is 17.8. The molecule has 0 radical (unpaired) electrons. The third-order valence-corrected chi connectivity index (χ3v) is 4.65. The number of hydrogen-bond donors (Lipinski definition) is 2. The van der Waals surface area contributed by atoms with Crippen molar-refractivity contribution in [2.75, 3.05) is 10.6 Å². The van der Waals surface area contributed by atoms with Crippen molar-refractivity contribution in [2.45, 2.75) is 20.3 Å². The molecule has 0 atom stereocenters. The number of Topliss-reactive ketones (excluding diaryl/α,β-unsaturated/α-hetero) is 1. The lowest BCUT2D eigenvalue weighted by Crippen LogP contribution is -2.14. The predicted molar refractivity (Wildman–Crippen MR) is 107 cm³/mol. The molecular formula is C20H19N3O2S. The normalized spacial score (nSPS) is 10.5. The van der Waals surface area contributed by atoms with Crippen LogP contribution in [0.2, 0.25) is 0 Å². The number of ketones is 1. The third-order valence-electron chi connectivity index (χ3n) is 3.72. The molecule has 26 heavy (non-hydrogen) atoms. The molecule has 0 unspecified atom stereocenters. The van der Waals surface area contributed by atoms with E-state index in [-0.39, 0.29) is 18.1 Å². The maximum atomic E-state index is 12.3. The zero-order valence-electron chi connectivity index (χ0n) is 14.6. The van der Waals surface area contributed by atoms with Crippen LogP contribution in [-0.2, 0) is 11.2 Å². The summed E-state index contributed by atoms with van der Waals surface area (Å²) in [5, 5.41) is 6.49. The van der Waals surface area contributed by atoms with Gasteiger partial charge < -0.3 is 10.6 Å². The number of anilines is 2. The molecule has 0 spiro atoms. The zero-order chi connectivity index (χ0) is 18.7. The van der Waals surface area contributed by atoms with E-state index < -0.39 is 0 Å². The summed E-state index contributed by atoms with van der Waals surface area (Å²) >= 11 is 1.36. The number of thiazole rings is 1. The van der Waals surface area contributed by atoms with Gasteiger partial charge in [-0.05, 0) is 49.7 Å². The molecule has 0 aliphatic rings. The van der Waals surface area contributed by atoms with Crippen LogP contribution >= 0.6 is 11.3 Å². The number of nitrogens with zero attached hydrogens (tertiary/aromatic N) is 1. The molecular weight excluding hydrogens is 346 g/mol. The van der Waals surface area contributed by atoms with Gasteiger partial charge in [-0.25, -0.2) is 4.98 Å². The van der Waals surface area contributed by atoms with Crippen molar-refractivity contribution in [1.29, 1.82) is 0 Å². The maximum absolute atomic E-state index is 12.3. The second kappa shape index (κ2) is 7.49. The van der Waals surface area contributed by atoms with E-state index in [4.69, 9.17) is 0 Å². The van der Waals surface area contributed by atoms with Crippen molar-refractivity contribution < 1.29 is 9.59 Å². The summed E-state index contributed by atoms with van der Waals surface area (Å²) in [5.41, 5.74) is 4.12. The van der Waals surface area contributed by atoms with Gasteiger partial charge in [0.15, 0.2) is 10.9 Å². The maximum Gasteiger partial charge on any atom is 0.230 e. The lowest BCUT2D eigenvalue weighted by Gasteiger charge is -2.06. The van der Waals surface area contributed by atoms with Crippen LogP contribution in [0.5, 0.6) is 0 Å². The topological polar surface area (TPSA) is 71.1 Å². The highest BCUT2D eigenvalue weighted by atomic mass is 32.1. The summed E-state index contributed by atoms with van der Waals surface area (Å²) in [4.78, 5) is 28.1. The predicted octanol–water partition coefficient (Wildman–Crippen LogP) is 4.63. The molecule has 0 aliphatic heterocycles. The highest BCUT2D eigenvalue weighted by molar-refractivity contribution is 7.22. The zero-order valence-corrected chi connectivity index (χ0v) is 15.4. The molecule has 6 heteroatoms. The van der Waals surface area contributed by atoms with E-state index in [1.54, 1.807) is 18.2 Å². The minimum Gasteiger partial charge on any atom is -0.360 e. The highest BCUT2D eigenvalue weighted by Gasteiger charge is 2.10. The summed E-state index contributed by atoms with van der Waals surface area (Å²) in [7, 11) is 0. The molecule has 0 bridgehead atoms. The average Bonchev–Trinajstić information content (AvgIpc) is 2.97. The Morgan fingerprint density at radius 2 is 1.81 bits per heavy atom. The molecule has 2 aromatic carbocycles. The molecule has 2 N–H and O–H groups in total.